The molecule has 0 saturated carbocycles. The Balaban J connectivity index is 2.25. The Bertz CT molecular complexity index is 531. The van der Waals surface area contributed by atoms with E-state index in [0.29, 0.717) is 25.8 Å². The number of carboxylic acid groups (broad SMARTS) is 1. The molecule has 7 heteroatoms. The number of hydrogen-bond acceptors (Lipinski definition) is 4. The summed E-state index contributed by atoms with van der Waals surface area (Å²) < 4.78 is 26.2. The summed E-state index contributed by atoms with van der Waals surface area (Å²) in [5.41, 5.74) is 0.748. The molecule has 0 amide bonds. The van der Waals surface area contributed by atoms with Crippen LogP contribution in [0.4, 0.5) is 0 Å². The van der Waals surface area contributed by atoms with Crippen LogP contribution in [0.1, 0.15) is 31.9 Å². The lowest BCUT2D eigenvalue weighted by Gasteiger charge is -2.11. The van der Waals surface area contributed by atoms with Crippen molar-refractivity contribution in [1.82, 2.24) is 9.71 Å². The number of carboxylic acids is 1. The Kier molecular flexibility index (Phi) is 7.31. The molecule has 0 spiro atoms. The van der Waals surface area contributed by atoms with Crippen LogP contribution in [0.15, 0.2) is 24.4 Å². The van der Waals surface area contributed by atoms with Gasteiger partial charge in [-0.25, -0.2) is 13.1 Å². The maximum absolute atomic E-state index is 11.8. The quantitative estimate of drug-likeness (QED) is 0.681. The van der Waals surface area contributed by atoms with E-state index in [1.165, 1.54) is 0 Å². The van der Waals surface area contributed by atoms with Crippen molar-refractivity contribution in [3.63, 3.8) is 0 Å². The van der Waals surface area contributed by atoms with Gasteiger partial charge in [-0.2, -0.15) is 0 Å². The molecule has 0 saturated heterocycles. The van der Waals surface area contributed by atoms with E-state index in [1.807, 2.05) is 13.0 Å². The minimum atomic E-state index is -3.31. The maximum Gasteiger partial charge on any atom is 0.303 e. The van der Waals surface area contributed by atoms with Crippen LogP contribution in [0.25, 0.3) is 0 Å². The van der Waals surface area contributed by atoms with Gasteiger partial charge >= 0.3 is 5.97 Å². The number of aryl methyl sites for hydroxylation is 1. The van der Waals surface area contributed by atoms with Gasteiger partial charge in [-0.1, -0.05) is 13.0 Å². The van der Waals surface area contributed by atoms with Crippen LogP contribution in [-0.2, 0) is 21.2 Å². The number of aliphatic carboxylic acids is 1. The van der Waals surface area contributed by atoms with Crippen LogP contribution < -0.4 is 4.72 Å². The highest BCUT2D eigenvalue weighted by Crippen LogP contribution is 2.09. The van der Waals surface area contributed by atoms with Gasteiger partial charge in [0.05, 0.1) is 5.75 Å². The molecule has 6 nitrogen and oxygen atoms in total. The number of nitrogens with zero attached hydrogens (tertiary/aromatic N) is 1. The van der Waals surface area contributed by atoms with Crippen molar-refractivity contribution in [2.75, 3.05) is 12.3 Å². The number of nitrogens with one attached hydrogen (secondary N) is 1. The molecule has 1 aromatic heterocycles. The van der Waals surface area contributed by atoms with E-state index in [0.717, 1.165) is 5.69 Å². The molecule has 1 rings (SSSR count). The van der Waals surface area contributed by atoms with Crippen molar-refractivity contribution < 1.29 is 18.3 Å². The minimum Gasteiger partial charge on any atom is -0.481 e. The molecule has 0 aliphatic heterocycles. The first-order valence-electron chi connectivity index (χ1n) is 6.98. The van der Waals surface area contributed by atoms with Gasteiger partial charge in [-0.05, 0) is 30.9 Å². The van der Waals surface area contributed by atoms with Crippen molar-refractivity contribution in [1.29, 1.82) is 0 Å². The molecule has 21 heavy (non-hydrogen) atoms. The second-order valence-electron chi connectivity index (χ2n) is 5.11. The SMILES string of the molecule is CC(CCNS(=O)(=O)CCc1ccccn1)CCC(=O)O. The van der Waals surface area contributed by atoms with Crippen molar-refractivity contribution in [2.24, 2.45) is 5.92 Å². The van der Waals surface area contributed by atoms with E-state index in [1.54, 1.807) is 18.3 Å². The van der Waals surface area contributed by atoms with E-state index in [4.69, 9.17) is 5.11 Å². The number of rotatable bonds is 10. The molecular formula is C14H22N2O4S. The van der Waals surface area contributed by atoms with E-state index in [-0.39, 0.29) is 18.1 Å². The van der Waals surface area contributed by atoms with Crippen molar-refractivity contribution >= 4 is 16.0 Å². The van der Waals surface area contributed by atoms with Crippen LogP contribution in [0, 0.1) is 5.92 Å². The van der Waals surface area contributed by atoms with Crippen molar-refractivity contribution in [2.45, 2.75) is 32.6 Å². The summed E-state index contributed by atoms with van der Waals surface area (Å²) in [6.07, 6.45) is 3.33. The monoisotopic (exact) mass is 314 g/mol. The molecule has 0 radical (unpaired) electrons. The predicted molar refractivity (Wildman–Crippen MR) is 80.4 cm³/mol. The molecule has 0 aliphatic rings. The lowest BCUT2D eigenvalue weighted by molar-refractivity contribution is -0.137. The van der Waals surface area contributed by atoms with Crippen molar-refractivity contribution in [3.8, 4) is 0 Å². The first-order valence-corrected chi connectivity index (χ1v) is 8.63. The molecule has 1 unspecified atom stereocenters. The molecule has 1 aromatic rings. The highest BCUT2D eigenvalue weighted by Gasteiger charge is 2.12. The average Bonchev–Trinajstić information content (AvgIpc) is 2.44. The lowest BCUT2D eigenvalue weighted by atomic mass is 10.0. The van der Waals surface area contributed by atoms with Gasteiger partial charge in [0.25, 0.3) is 0 Å². The summed E-state index contributed by atoms with van der Waals surface area (Å²) in [5.74, 6) is -0.634. The normalized spacial score (nSPS) is 13.0. The fourth-order valence-electron chi connectivity index (χ4n) is 1.83. The number of sulfonamides is 1. The highest BCUT2D eigenvalue weighted by atomic mass is 32.2. The van der Waals surface area contributed by atoms with E-state index >= 15 is 0 Å². The van der Waals surface area contributed by atoms with Gasteiger partial charge in [-0.3, -0.25) is 9.78 Å². The highest BCUT2D eigenvalue weighted by molar-refractivity contribution is 7.89. The summed E-state index contributed by atoms with van der Waals surface area (Å²) in [6.45, 7) is 2.26. The van der Waals surface area contributed by atoms with Gasteiger partial charge in [-0.15, -0.1) is 0 Å². The smallest absolute Gasteiger partial charge is 0.303 e. The van der Waals surface area contributed by atoms with Crippen LogP contribution in [0.5, 0.6) is 0 Å². The van der Waals surface area contributed by atoms with Crippen LogP contribution in [0.3, 0.4) is 0 Å². The molecule has 0 fully saturated rings. The third-order valence-electron chi connectivity index (χ3n) is 3.16. The largest absolute Gasteiger partial charge is 0.481 e. The standard InChI is InChI=1S/C14H22N2O4S/c1-12(5-6-14(17)18)7-10-16-21(19,20)11-8-13-4-2-3-9-15-13/h2-4,9,12,16H,5-8,10-11H2,1H3,(H,17,18). The summed E-state index contributed by atoms with van der Waals surface area (Å²) >= 11 is 0. The van der Waals surface area contributed by atoms with Crippen LogP contribution in [0.2, 0.25) is 0 Å². The van der Waals surface area contributed by atoms with Gasteiger partial charge in [0.1, 0.15) is 0 Å². The Hall–Kier alpha value is -1.47. The second-order valence-corrected chi connectivity index (χ2v) is 7.04. The van der Waals surface area contributed by atoms with Crippen LogP contribution >= 0.6 is 0 Å². The number of aromatic nitrogens is 1. The minimum absolute atomic E-state index is 0.00746. The van der Waals surface area contributed by atoms with Crippen LogP contribution in [-0.4, -0.2) is 36.8 Å². The zero-order valence-electron chi connectivity index (χ0n) is 12.2. The number of pyridine rings is 1. The van der Waals surface area contributed by atoms with E-state index in [2.05, 4.69) is 9.71 Å². The molecular weight excluding hydrogens is 292 g/mol. The zero-order chi connectivity index (χ0) is 15.7. The van der Waals surface area contributed by atoms with Gasteiger partial charge in [0, 0.05) is 31.3 Å². The maximum atomic E-state index is 11.8. The van der Waals surface area contributed by atoms with Gasteiger partial charge in [0.2, 0.25) is 10.0 Å². The average molecular weight is 314 g/mol. The third-order valence-corrected chi connectivity index (χ3v) is 4.55. The Labute approximate surface area is 125 Å². The summed E-state index contributed by atoms with van der Waals surface area (Å²) in [7, 11) is -3.31. The third kappa shape index (κ3) is 8.41. The first-order chi connectivity index (χ1) is 9.89. The number of carbonyl (C=O) groups is 1. The van der Waals surface area contributed by atoms with Gasteiger partial charge < -0.3 is 5.11 Å². The topological polar surface area (TPSA) is 96.4 Å². The Morgan fingerprint density at radius 2 is 2.14 bits per heavy atom. The molecule has 0 bridgehead atoms. The summed E-state index contributed by atoms with van der Waals surface area (Å²) in [4.78, 5) is 14.5. The molecule has 1 atom stereocenters. The zero-order valence-corrected chi connectivity index (χ0v) is 13.0. The summed E-state index contributed by atoms with van der Waals surface area (Å²) in [5, 5.41) is 8.58. The second kappa shape index (κ2) is 8.74. The van der Waals surface area contributed by atoms with E-state index in [9.17, 15) is 13.2 Å². The fraction of sp³-hybridized carbons (Fsp3) is 0.571. The Morgan fingerprint density at radius 1 is 1.38 bits per heavy atom. The lowest BCUT2D eigenvalue weighted by Crippen LogP contribution is -2.29. The molecule has 0 aliphatic carbocycles. The summed E-state index contributed by atoms with van der Waals surface area (Å²) in [6, 6.07) is 5.41. The molecule has 2 N–H and O–H groups in total. The van der Waals surface area contributed by atoms with Crippen molar-refractivity contribution in [3.05, 3.63) is 30.1 Å². The molecule has 1 heterocycles. The first kappa shape index (κ1) is 17.6. The van der Waals surface area contributed by atoms with E-state index < -0.39 is 16.0 Å². The predicted octanol–water partition coefficient (Wildman–Crippen LogP) is 1.43. The Morgan fingerprint density at radius 3 is 2.76 bits per heavy atom. The number of hydrogen-bond donors (Lipinski definition) is 2. The fourth-order valence-corrected chi connectivity index (χ4v) is 2.88. The molecule has 0 aromatic carbocycles. The van der Waals surface area contributed by atoms with Gasteiger partial charge in [0.15, 0.2) is 0 Å². The molecule has 118 valence electrons.